The lowest BCUT2D eigenvalue weighted by molar-refractivity contribution is 0.423. The number of terminal acetylenes is 1. The average molecular weight is 207 g/mol. The van der Waals surface area contributed by atoms with Gasteiger partial charge in [0.25, 0.3) is 0 Å². The molecule has 0 saturated carbocycles. The monoisotopic (exact) mass is 207 g/mol. The summed E-state index contributed by atoms with van der Waals surface area (Å²) in [5.41, 5.74) is 0.565. The number of phenolic OH excluding ortho intramolecular Hbond substituents is 1. The number of nitrogens with one attached hydrogen (secondary N) is 1. The third-order valence-corrected chi connectivity index (χ3v) is 2.06. The van der Waals surface area contributed by atoms with Crippen molar-refractivity contribution in [2.45, 2.75) is 19.4 Å². The highest BCUT2D eigenvalue weighted by Gasteiger charge is 2.04. The first-order valence-electron chi connectivity index (χ1n) is 4.86. The lowest BCUT2D eigenvalue weighted by Gasteiger charge is -2.06. The molecule has 0 aliphatic rings. The molecule has 0 atom stereocenters. The molecule has 80 valence electrons. The van der Waals surface area contributed by atoms with Crippen LogP contribution in [0, 0.1) is 18.2 Å². The highest BCUT2D eigenvalue weighted by atomic mass is 19.1. The quantitative estimate of drug-likeness (QED) is 0.572. The number of phenols is 1. The number of hydrogen-bond acceptors (Lipinski definition) is 2. The van der Waals surface area contributed by atoms with Crippen LogP contribution in [0.25, 0.3) is 0 Å². The molecule has 0 saturated heterocycles. The molecule has 0 fully saturated rings. The van der Waals surface area contributed by atoms with Gasteiger partial charge in [-0.3, -0.25) is 0 Å². The normalized spacial score (nSPS) is 9.87. The van der Waals surface area contributed by atoms with Gasteiger partial charge in [-0.2, -0.15) is 0 Å². The van der Waals surface area contributed by atoms with Gasteiger partial charge in [0.2, 0.25) is 0 Å². The standard InChI is InChI=1S/C12H14FNO/c1-2-3-4-8-14-9-10-6-5-7-11(13)12(10)15/h1,5-7,14-15H,3-4,8-9H2. The highest BCUT2D eigenvalue weighted by Crippen LogP contribution is 2.20. The summed E-state index contributed by atoms with van der Waals surface area (Å²) < 4.78 is 12.9. The molecule has 1 aromatic rings. The van der Waals surface area contributed by atoms with E-state index >= 15 is 0 Å². The minimum Gasteiger partial charge on any atom is -0.505 e. The van der Waals surface area contributed by atoms with Crippen LogP contribution in [0.1, 0.15) is 18.4 Å². The summed E-state index contributed by atoms with van der Waals surface area (Å²) in [6.45, 7) is 1.22. The Morgan fingerprint density at radius 1 is 1.47 bits per heavy atom. The minimum absolute atomic E-state index is 0.276. The largest absolute Gasteiger partial charge is 0.505 e. The number of unbranched alkanes of at least 4 members (excludes halogenated alkanes) is 1. The molecule has 1 rings (SSSR count). The number of para-hydroxylation sites is 1. The topological polar surface area (TPSA) is 32.3 Å². The van der Waals surface area contributed by atoms with E-state index < -0.39 is 5.82 Å². The lowest BCUT2D eigenvalue weighted by atomic mass is 10.2. The molecule has 3 heteroatoms. The molecule has 0 aliphatic heterocycles. The van der Waals surface area contributed by atoms with Crippen molar-refractivity contribution >= 4 is 0 Å². The number of hydrogen-bond donors (Lipinski definition) is 2. The van der Waals surface area contributed by atoms with Crippen LogP contribution < -0.4 is 5.32 Å². The van der Waals surface area contributed by atoms with Crippen molar-refractivity contribution in [2.24, 2.45) is 0 Å². The summed E-state index contributed by atoms with van der Waals surface area (Å²) in [4.78, 5) is 0. The van der Waals surface area contributed by atoms with Crippen LogP contribution in [0.15, 0.2) is 18.2 Å². The SMILES string of the molecule is C#CCCCNCc1cccc(F)c1O. The molecule has 0 amide bonds. The zero-order chi connectivity index (χ0) is 11.1. The molecule has 2 N–H and O–H groups in total. The van der Waals surface area contributed by atoms with Gasteiger partial charge in [0.05, 0.1) is 0 Å². The smallest absolute Gasteiger partial charge is 0.165 e. The van der Waals surface area contributed by atoms with Crippen molar-refractivity contribution in [3.8, 4) is 18.1 Å². The maximum Gasteiger partial charge on any atom is 0.165 e. The van der Waals surface area contributed by atoms with Gasteiger partial charge in [0, 0.05) is 18.5 Å². The Morgan fingerprint density at radius 2 is 2.27 bits per heavy atom. The van der Waals surface area contributed by atoms with Gasteiger partial charge in [0.15, 0.2) is 11.6 Å². The summed E-state index contributed by atoms with van der Waals surface area (Å²) in [5.74, 6) is 1.68. The van der Waals surface area contributed by atoms with Crippen LogP contribution in [0.4, 0.5) is 4.39 Å². The van der Waals surface area contributed by atoms with Gasteiger partial charge in [-0.25, -0.2) is 4.39 Å². The zero-order valence-corrected chi connectivity index (χ0v) is 8.46. The minimum atomic E-state index is -0.585. The van der Waals surface area contributed by atoms with Gasteiger partial charge >= 0.3 is 0 Å². The molecule has 0 heterocycles. The number of halogens is 1. The van der Waals surface area contributed by atoms with Crippen LogP contribution in [0.5, 0.6) is 5.75 Å². The van der Waals surface area contributed by atoms with Crippen LogP contribution >= 0.6 is 0 Å². The van der Waals surface area contributed by atoms with E-state index in [0.717, 1.165) is 19.4 Å². The molecule has 0 bridgehead atoms. The molecule has 2 nitrogen and oxygen atoms in total. The molecule has 15 heavy (non-hydrogen) atoms. The van der Waals surface area contributed by atoms with Crippen LogP contribution in [0.3, 0.4) is 0 Å². The third kappa shape index (κ3) is 3.61. The van der Waals surface area contributed by atoms with Gasteiger partial charge in [-0.05, 0) is 19.0 Å². The van der Waals surface area contributed by atoms with Gasteiger partial charge < -0.3 is 10.4 Å². The fourth-order valence-electron chi connectivity index (χ4n) is 1.24. The molecular formula is C12H14FNO. The summed E-state index contributed by atoms with van der Waals surface area (Å²) >= 11 is 0. The highest BCUT2D eigenvalue weighted by molar-refractivity contribution is 5.33. The zero-order valence-electron chi connectivity index (χ0n) is 8.46. The lowest BCUT2D eigenvalue weighted by Crippen LogP contribution is -2.14. The van der Waals surface area contributed by atoms with Crippen LogP contribution in [-0.4, -0.2) is 11.7 Å². The molecular weight excluding hydrogens is 193 g/mol. The van der Waals surface area contributed by atoms with E-state index in [2.05, 4.69) is 11.2 Å². The predicted molar refractivity (Wildman–Crippen MR) is 57.8 cm³/mol. The van der Waals surface area contributed by atoms with E-state index in [1.54, 1.807) is 12.1 Å². The van der Waals surface area contributed by atoms with Crippen molar-refractivity contribution in [1.29, 1.82) is 0 Å². The fraction of sp³-hybridized carbons (Fsp3) is 0.333. The maximum absolute atomic E-state index is 12.9. The summed E-state index contributed by atoms with van der Waals surface area (Å²) in [6.07, 6.45) is 6.70. The molecule has 0 spiro atoms. The second-order valence-electron chi connectivity index (χ2n) is 3.23. The third-order valence-electron chi connectivity index (χ3n) is 2.06. The Labute approximate surface area is 89.1 Å². The summed E-state index contributed by atoms with van der Waals surface area (Å²) in [6, 6.07) is 4.50. The Balaban J connectivity index is 2.38. The van der Waals surface area contributed by atoms with E-state index in [-0.39, 0.29) is 5.75 Å². The molecule has 1 aromatic carbocycles. The molecule has 0 aliphatic carbocycles. The second kappa shape index (κ2) is 6.05. The first-order valence-corrected chi connectivity index (χ1v) is 4.86. The Kier molecular flexibility index (Phi) is 4.65. The summed E-state index contributed by atoms with van der Waals surface area (Å²) in [7, 11) is 0. The molecule has 0 radical (unpaired) electrons. The van der Waals surface area contributed by atoms with Crippen molar-refractivity contribution in [1.82, 2.24) is 5.32 Å². The van der Waals surface area contributed by atoms with E-state index in [4.69, 9.17) is 6.42 Å². The fourth-order valence-corrected chi connectivity index (χ4v) is 1.24. The average Bonchev–Trinajstić information content (AvgIpc) is 2.24. The Morgan fingerprint density at radius 3 is 3.00 bits per heavy atom. The summed E-state index contributed by atoms with van der Waals surface area (Å²) in [5, 5.41) is 12.4. The number of benzene rings is 1. The number of rotatable bonds is 5. The van der Waals surface area contributed by atoms with Crippen LogP contribution in [0.2, 0.25) is 0 Å². The van der Waals surface area contributed by atoms with Crippen LogP contribution in [-0.2, 0) is 6.54 Å². The van der Waals surface area contributed by atoms with Crippen molar-refractivity contribution in [2.75, 3.05) is 6.54 Å². The molecule has 0 aromatic heterocycles. The van der Waals surface area contributed by atoms with Gasteiger partial charge in [-0.1, -0.05) is 12.1 Å². The second-order valence-corrected chi connectivity index (χ2v) is 3.23. The van der Waals surface area contributed by atoms with E-state index in [1.807, 2.05) is 0 Å². The Hall–Kier alpha value is -1.53. The van der Waals surface area contributed by atoms with E-state index in [9.17, 15) is 9.50 Å². The van der Waals surface area contributed by atoms with Crippen molar-refractivity contribution in [3.05, 3.63) is 29.6 Å². The van der Waals surface area contributed by atoms with E-state index in [1.165, 1.54) is 6.07 Å². The molecule has 0 unspecified atom stereocenters. The Bertz CT molecular complexity index is 357. The van der Waals surface area contributed by atoms with Crippen molar-refractivity contribution < 1.29 is 9.50 Å². The first-order chi connectivity index (χ1) is 7.25. The maximum atomic E-state index is 12.9. The van der Waals surface area contributed by atoms with Crippen molar-refractivity contribution in [3.63, 3.8) is 0 Å². The van der Waals surface area contributed by atoms with Gasteiger partial charge in [0.1, 0.15) is 0 Å². The predicted octanol–water partition coefficient (Wildman–Crippen LogP) is 2.03. The first kappa shape index (κ1) is 11.5. The van der Waals surface area contributed by atoms with Gasteiger partial charge in [-0.15, -0.1) is 12.3 Å². The number of aromatic hydroxyl groups is 1. The van der Waals surface area contributed by atoms with E-state index in [0.29, 0.717) is 12.1 Å².